The van der Waals surface area contributed by atoms with Gasteiger partial charge in [0.05, 0.1) is 18.5 Å². The van der Waals surface area contributed by atoms with E-state index in [2.05, 4.69) is 5.32 Å². The van der Waals surface area contributed by atoms with Crippen LogP contribution in [0.2, 0.25) is 0 Å². The second-order valence-electron chi connectivity index (χ2n) is 3.66. The number of urea groups is 1. The number of methoxy groups -OCH3 is 1. The van der Waals surface area contributed by atoms with Gasteiger partial charge in [0.15, 0.2) is 0 Å². The molecule has 0 radical (unpaired) electrons. The van der Waals surface area contributed by atoms with Gasteiger partial charge in [-0.3, -0.25) is 4.90 Å². The minimum atomic E-state index is -0.105. The van der Waals surface area contributed by atoms with E-state index in [0.717, 1.165) is 13.0 Å². The number of anilines is 2. The van der Waals surface area contributed by atoms with Crippen molar-refractivity contribution in [1.82, 2.24) is 5.32 Å². The molecule has 0 aliphatic carbocycles. The van der Waals surface area contributed by atoms with Crippen LogP contribution in [0.15, 0.2) is 18.2 Å². The molecule has 1 fully saturated rings. The van der Waals surface area contributed by atoms with Crippen LogP contribution < -0.4 is 20.7 Å². The number of rotatable bonds is 2. The number of hydrogen-bond donors (Lipinski definition) is 2. The Labute approximate surface area is 94.2 Å². The normalized spacial score (nSPS) is 15.8. The average molecular weight is 221 g/mol. The molecular formula is C11H15N3O2. The monoisotopic (exact) mass is 221 g/mol. The van der Waals surface area contributed by atoms with E-state index < -0.39 is 0 Å². The fourth-order valence-electron chi connectivity index (χ4n) is 1.74. The van der Waals surface area contributed by atoms with E-state index in [9.17, 15) is 4.79 Å². The molecule has 3 N–H and O–H groups in total. The maximum absolute atomic E-state index is 11.7. The lowest BCUT2D eigenvalue weighted by Gasteiger charge is -2.28. The maximum Gasteiger partial charge on any atom is 0.321 e. The summed E-state index contributed by atoms with van der Waals surface area (Å²) in [6, 6.07) is 5.20. The van der Waals surface area contributed by atoms with E-state index in [1.54, 1.807) is 30.2 Å². The smallest absolute Gasteiger partial charge is 0.321 e. The van der Waals surface area contributed by atoms with Crippen molar-refractivity contribution in [2.24, 2.45) is 0 Å². The minimum Gasteiger partial charge on any atom is -0.497 e. The summed E-state index contributed by atoms with van der Waals surface area (Å²) in [5.74, 6) is 0.697. The number of carbonyl (C=O) groups is 1. The van der Waals surface area contributed by atoms with Crippen LogP contribution in [-0.4, -0.2) is 26.2 Å². The van der Waals surface area contributed by atoms with Gasteiger partial charge in [-0.15, -0.1) is 0 Å². The third kappa shape index (κ3) is 1.88. The zero-order chi connectivity index (χ0) is 11.5. The molecule has 1 aliphatic rings. The van der Waals surface area contributed by atoms with Gasteiger partial charge in [0.1, 0.15) is 5.75 Å². The Morgan fingerprint density at radius 1 is 1.50 bits per heavy atom. The van der Waals surface area contributed by atoms with Gasteiger partial charge in [0.2, 0.25) is 0 Å². The van der Waals surface area contributed by atoms with Gasteiger partial charge in [-0.05, 0) is 18.6 Å². The quantitative estimate of drug-likeness (QED) is 0.737. The Kier molecular flexibility index (Phi) is 2.85. The molecule has 0 spiro atoms. The zero-order valence-corrected chi connectivity index (χ0v) is 9.19. The highest BCUT2D eigenvalue weighted by atomic mass is 16.5. The van der Waals surface area contributed by atoms with E-state index in [0.29, 0.717) is 23.7 Å². The number of nitrogens with zero attached hydrogens (tertiary/aromatic N) is 1. The largest absolute Gasteiger partial charge is 0.497 e. The first-order valence-corrected chi connectivity index (χ1v) is 5.21. The molecule has 0 bridgehead atoms. The zero-order valence-electron chi connectivity index (χ0n) is 9.19. The molecule has 2 rings (SSSR count). The third-order valence-electron chi connectivity index (χ3n) is 2.61. The number of nitrogens with two attached hydrogens (primary N) is 1. The average Bonchev–Trinajstić information content (AvgIpc) is 2.31. The predicted octanol–water partition coefficient (Wildman–Crippen LogP) is 1.20. The van der Waals surface area contributed by atoms with Crippen LogP contribution in [0.4, 0.5) is 16.2 Å². The summed E-state index contributed by atoms with van der Waals surface area (Å²) in [7, 11) is 1.59. The topological polar surface area (TPSA) is 67.6 Å². The van der Waals surface area contributed by atoms with Gasteiger partial charge in [0, 0.05) is 19.2 Å². The molecule has 0 unspecified atom stereocenters. The lowest BCUT2D eigenvalue weighted by Crippen LogP contribution is -2.46. The highest BCUT2D eigenvalue weighted by Gasteiger charge is 2.21. The van der Waals surface area contributed by atoms with Crippen LogP contribution in [0.25, 0.3) is 0 Å². The number of hydrogen-bond acceptors (Lipinski definition) is 3. The van der Waals surface area contributed by atoms with E-state index in [-0.39, 0.29) is 6.03 Å². The fourth-order valence-corrected chi connectivity index (χ4v) is 1.74. The molecule has 0 atom stereocenters. The van der Waals surface area contributed by atoms with Crippen LogP contribution in [0, 0.1) is 0 Å². The van der Waals surface area contributed by atoms with Crippen molar-refractivity contribution in [3.8, 4) is 5.75 Å². The fraction of sp³-hybridized carbons (Fsp3) is 0.364. The summed E-state index contributed by atoms with van der Waals surface area (Å²) < 4.78 is 5.12. The second-order valence-corrected chi connectivity index (χ2v) is 3.66. The molecule has 2 amide bonds. The Bertz CT molecular complexity index is 406. The second kappa shape index (κ2) is 4.30. The van der Waals surface area contributed by atoms with Crippen LogP contribution in [0.3, 0.4) is 0 Å². The van der Waals surface area contributed by atoms with Crippen LogP contribution >= 0.6 is 0 Å². The molecule has 5 nitrogen and oxygen atoms in total. The van der Waals surface area contributed by atoms with Crippen molar-refractivity contribution in [3.05, 3.63) is 18.2 Å². The molecule has 5 heteroatoms. The first-order valence-electron chi connectivity index (χ1n) is 5.21. The van der Waals surface area contributed by atoms with Crippen molar-refractivity contribution in [1.29, 1.82) is 0 Å². The van der Waals surface area contributed by atoms with Crippen molar-refractivity contribution in [3.63, 3.8) is 0 Å². The summed E-state index contributed by atoms with van der Waals surface area (Å²) in [5, 5.41) is 2.79. The first-order chi connectivity index (χ1) is 7.72. The summed E-state index contributed by atoms with van der Waals surface area (Å²) in [5.41, 5.74) is 7.15. The molecule has 1 aromatic rings. The van der Waals surface area contributed by atoms with Crippen molar-refractivity contribution < 1.29 is 9.53 Å². The van der Waals surface area contributed by atoms with Gasteiger partial charge in [-0.25, -0.2) is 4.79 Å². The molecule has 0 saturated carbocycles. The van der Waals surface area contributed by atoms with Crippen molar-refractivity contribution in [2.75, 3.05) is 30.8 Å². The number of ether oxygens (including phenoxy) is 1. The maximum atomic E-state index is 11.7. The molecule has 1 heterocycles. The number of nitrogens with one attached hydrogen (secondary N) is 1. The Hall–Kier alpha value is -1.91. The molecular weight excluding hydrogens is 206 g/mol. The number of amides is 2. The Balaban J connectivity index is 2.33. The van der Waals surface area contributed by atoms with Crippen LogP contribution in [-0.2, 0) is 0 Å². The molecule has 1 aliphatic heterocycles. The highest BCUT2D eigenvalue weighted by Crippen LogP contribution is 2.29. The number of benzene rings is 1. The van der Waals surface area contributed by atoms with E-state index in [1.807, 2.05) is 0 Å². The van der Waals surface area contributed by atoms with Crippen molar-refractivity contribution >= 4 is 17.4 Å². The van der Waals surface area contributed by atoms with Crippen LogP contribution in [0.5, 0.6) is 5.75 Å². The Morgan fingerprint density at radius 2 is 2.31 bits per heavy atom. The van der Waals surface area contributed by atoms with Gasteiger partial charge < -0.3 is 15.8 Å². The van der Waals surface area contributed by atoms with Crippen molar-refractivity contribution in [2.45, 2.75) is 6.42 Å². The van der Waals surface area contributed by atoms with E-state index in [4.69, 9.17) is 10.5 Å². The molecule has 16 heavy (non-hydrogen) atoms. The summed E-state index contributed by atoms with van der Waals surface area (Å²) in [4.78, 5) is 13.3. The number of carbonyl (C=O) groups excluding carboxylic acids is 1. The van der Waals surface area contributed by atoms with Gasteiger partial charge >= 0.3 is 6.03 Å². The minimum absolute atomic E-state index is 0.105. The molecule has 0 aromatic heterocycles. The molecule has 1 aromatic carbocycles. The summed E-state index contributed by atoms with van der Waals surface area (Å²) >= 11 is 0. The standard InChI is InChI=1S/C11H15N3O2/c1-16-8-3-4-9(12)10(7-8)14-6-2-5-13-11(14)15/h3-4,7H,2,5-6,12H2,1H3,(H,13,15). The third-order valence-corrected chi connectivity index (χ3v) is 2.61. The highest BCUT2D eigenvalue weighted by molar-refractivity contribution is 5.96. The van der Waals surface area contributed by atoms with Crippen LogP contribution in [0.1, 0.15) is 6.42 Å². The first kappa shape index (κ1) is 10.6. The summed E-state index contributed by atoms with van der Waals surface area (Å²) in [6.07, 6.45) is 0.919. The summed E-state index contributed by atoms with van der Waals surface area (Å²) in [6.45, 7) is 1.41. The van der Waals surface area contributed by atoms with Gasteiger partial charge in [0.25, 0.3) is 0 Å². The lowest BCUT2D eigenvalue weighted by atomic mass is 10.2. The Morgan fingerprint density at radius 3 is 3.00 bits per heavy atom. The molecule has 1 saturated heterocycles. The predicted molar refractivity (Wildman–Crippen MR) is 62.8 cm³/mol. The van der Waals surface area contributed by atoms with E-state index >= 15 is 0 Å². The number of nitrogen functional groups attached to an aromatic ring is 1. The van der Waals surface area contributed by atoms with E-state index in [1.165, 1.54) is 0 Å². The van der Waals surface area contributed by atoms with Gasteiger partial charge in [-0.2, -0.15) is 0 Å². The SMILES string of the molecule is COc1ccc(N)c(N2CCCNC2=O)c1. The molecule has 86 valence electrons. The lowest BCUT2D eigenvalue weighted by molar-refractivity contribution is 0.243. The van der Waals surface area contributed by atoms with Gasteiger partial charge in [-0.1, -0.05) is 0 Å².